The van der Waals surface area contributed by atoms with Crippen LogP contribution < -0.4 is 5.73 Å². The van der Waals surface area contributed by atoms with E-state index in [2.05, 4.69) is 0 Å². The molecule has 8 nitrogen and oxygen atoms in total. The number of rotatable bonds is 1. The molecule has 9 heteroatoms. The van der Waals surface area contributed by atoms with E-state index >= 15 is 0 Å². The molecule has 1 rings (SSSR count). The van der Waals surface area contributed by atoms with Gasteiger partial charge in [-0.25, -0.2) is 9.36 Å². The average molecular weight is 251 g/mol. The van der Waals surface area contributed by atoms with Crippen molar-refractivity contribution >= 4 is 19.5 Å². The van der Waals surface area contributed by atoms with Gasteiger partial charge >= 0.3 is 13.8 Å². The predicted octanol–water partition coefficient (Wildman–Crippen LogP) is -0.256. The first-order valence-electron chi connectivity index (χ1n) is 3.71. The molecule has 0 spiro atoms. The quantitative estimate of drug-likeness (QED) is 0.226. The second-order valence-corrected chi connectivity index (χ2v) is 3.62. The lowest BCUT2D eigenvalue weighted by atomic mass is 10.2. The molecule has 1 aromatic carbocycles. The zero-order valence-corrected chi connectivity index (χ0v) is 8.70. The molecule has 0 amide bonds. The standard InChI is InChI=1S/C7H7NO3.H3O4P/c8-5-3-4(7(10)11)1-2-6(5)9;1-5(2,3)4/h1-3,9H,8H2,(H,10,11);(H3,1,2,3,4). The Morgan fingerprint density at radius 2 is 1.69 bits per heavy atom. The van der Waals surface area contributed by atoms with Crippen LogP contribution in [0.25, 0.3) is 0 Å². The topological polar surface area (TPSA) is 161 Å². The molecule has 0 unspecified atom stereocenters. The van der Waals surface area contributed by atoms with E-state index in [1.807, 2.05) is 0 Å². The van der Waals surface area contributed by atoms with Gasteiger partial charge in [-0.3, -0.25) is 0 Å². The molecular weight excluding hydrogens is 241 g/mol. The number of carboxylic acids is 1. The summed E-state index contributed by atoms with van der Waals surface area (Å²) in [5, 5.41) is 17.4. The highest BCUT2D eigenvalue weighted by Gasteiger charge is 2.04. The van der Waals surface area contributed by atoms with Crippen LogP contribution in [-0.2, 0) is 4.57 Å². The summed E-state index contributed by atoms with van der Waals surface area (Å²) in [7, 11) is -4.64. The molecule has 0 heterocycles. The van der Waals surface area contributed by atoms with E-state index in [1.54, 1.807) is 0 Å². The first-order chi connectivity index (χ1) is 7.11. The smallest absolute Gasteiger partial charge is 0.466 e. The molecule has 0 aliphatic carbocycles. The summed E-state index contributed by atoms with van der Waals surface area (Å²) < 4.78 is 8.88. The van der Waals surface area contributed by atoms with Gasteiger partial charge in [0.1, 0.15) is 5.75 Å². The van der Waals surface area contributed by atoms with Crippen molar-refractivity contribution in [3.05, 3.63) is 23.8 Å². The van der Waals surface area contributed by atoms with Gasteiger partial charge in [-0.1, -0.05) is 0 Å². The van der Waals surface area contributed by atoms with Crippen molar-refractivity contribution in [1.82, 2.24) is 0 Å². The fraction of sp³-hybridized carbons (Fsp3) is 0. The Kier molecular flexibility index (Phi) is 4.93. The molecule has 0 aliphatic heterocycles. The molecule has 16 heavy (non-hydrogen) atoms. The van der Waals surface area contributed by atoms with Gasteiger partial charge in [0, 0.05) is 0 Å². The Bertz CT molecular complexity index is 418. The SMILES string of the molecule is Nc1cc(C(=O)O)ccc1O.O=P(O)(O)O. The van der Waals surface area contributed by atoms with Crippen LogP contribution >= 0.6 is 7.82 Å². The minimum atomic E-state index is -4.64. The van der Waals surface area contributed by atoms with Crippen molar-refractivity contribution in [3.8, 4) is 5.75 Å². The molecule has 0 radical (unpaired) electrons. The second kappa shape index (κ2) is 5.47. The van der Waals surface area contributed by atoms with Crippen molar-refractivity contribution in [1.29, 1.82) is 0 Å². The number of hydrogen-bond donors (Lipinski definition) is 6. The number of phenols is 1. The van der Waals surface area contributed by atoms with Gasteiger partial charge in [0.15, 0.2) is 0 Å². The van der Waals surface area contributed by atoms with Crippen molar-refractivity contribution in [3.63, 3.8) is 0 Å². The lowest BCUT2D eigenvalue weighted by Gasteiger charge is -1.98. The maximum atomic E-state index is 10.3. The molecule has 0 saturated carbocycles. The minimum absolute atomic E-state index is 0.0697. The first-order valence-corrected chi connectivity index (χ1v) is 5.28. The van der Waals surface area contributed by atoms with Gasteiger partial charge in [-0.2, -0.15) is 0 Å². The number of hydrogen-bond acceptors (Lipinski definition) is 4. The van der Waals surface area contributed by atoms with Crippen LogP contribution in [0.5, 0.6) is 5.75 Å². The average Bonchev–Trinajstić information content (AvgIpc) is 2.06. The van der Waals surface area contributed by atoms with E-state index < -0.39 is 13.8 Å². The zero-order valence-electron chi connectivity index (χ0n) is 7.81. The Balaban J connectivity index is 0.000000385. The normalized spacial score (nSPS) is 10.2. The Labute approximate surface area is 89.8 Å². The summed E-state index contributed by atoms with van der Waals surface area (Å²) in [5.74, 6) is -1.16. The summed E-state index contributed by atoms with van der Waals surface area (Å²) in [6, 6.07) is 3.74. The predicted molar refractivity (Wildman–Crippen MR) is 53.7 cm³/mol. The summed E-state index contributed by atoms with van der Waals surface area (Å²) >= 11 is 0. The fourth-order valence-electron chi connectivity index (χ4n) is 0.688. The van der Waals surface area contributed by atoms with E-state index in [4.69, 9.17) is 35.2 Å². The van der Waals surface area contributed by atoms with Crippen molar-refractivity contribution in [2.45, 2.75) is 0 Å². The van der Waals surface area contributed by atoms with Crippen LogP contribution in [-0.4, -0.2) is 30.9 Å². The van der Waals surface area contributed by atoms with E-state index in [0.717, 1.165) is 0 Å². The highest BCUT2D eigenvalue weighted by molar-refractivity contribution is 7.45. The van der Waals surface area contributed by atoms with Gasteiger partial charge in [-0.15, -0.1) is 0 Å². The molecule has 0 fully saturated rings. The monoisotopic (exact) mass is 251 g/mol. The van der Waals surface area contributed by atoms with E-state index in [9.17, 15) is 4.79 Å². The number of benzene rings is 1. The van der Waals surface area contributed by atoms with Crippen LogP contribution in [0.3, 0.4) is 0 Å². The van der Waals surface area contributed by atoms with Crippen molar-refractivity contribution < 1.29 is 34.3 Å². The van der Waals surface area contributed by atoms with Gasteiger partial charge in [-0.05, 0) is 18.2 Å². The number of phenolic OH excluding ortho intramolecular Hbond substituents is 1. The molecule has 0 bridgehead atoms. The number of carbonyl (C=O) groups is 1. The van der Waals surface area contributed by atoms with Crippen LogP contribution in [0.4, 0.5) is 5.69 Å². The molecular formula is C7H10NO7P. The van der Waals surface area contributed by atoms with Crippen LogP contribution in [0.15, 0.2) is 18.2 Å². The molecule has 1 aromatic rings. The van der Waals surface area contributed by atoms with Gasteiger partial charge in [0.25, 0.3) is 0 Å². The van der Waals surface area contributed by atoms with Gasteiger partial charge in [0.05, 0.1) is 11.3 Å². The third kappa shape index (κ3) is 6.80. The number of aromatic hydroxyl groups is 1. The summed E-state index contributed by atoms with van der Waals surface area (Å²) in [6.45, 7) is 0. The Hall–Kier alpha value is -1.60. The van der Waals surface area contributed by atoms with Crippen molar-refractivity contribution in [2.75, 3.05) is 5.73 Å². The molecule has 0 aliphatic rings. The molecule has 0 atom stereocenters. The molecule has 7 N–H and O–H groups in total. The maximum absolute atomic E-state index is 10.3. The van der Waals surface area contributed by atoms with Gasteiger partial charge < -0.3 is 30.6 Å². The number of aromatic carboxylic acids is 1. The van der Waals surface area contributed by atoms with E-state index in [0.29, 0.717) is 0 Å². The fourth-order valence-corrected chi connectivity index (χ4v) is 0.688. The first kappa shape index (κ1) is 14.4. The highest BCUT2D eigenvalue weighted by Crippen LogP contribution is 2.25. The highest BCUT2D eigenvalue weighted by atomic mass is 31.2. The molecule has 0 aromatic heterocycles. The van der Waals surface area contributed by atoms with Crippen LogP contribution in [0.2, 0.25) is 0 Å². The Morgan fingerprint density at radius 1 is 1.25 bits per heavy atom. The number of phosphoric acid groups is 1. The summed E-state index contributed by atoms with van der Waals surface area (Å²) in [6.07, 6.45) is 0. The summed E-state index contributed by atoms with van der Waals surface area (Å²) in [5.41, 5.74) is 5.39. The number of anilines is 1. The molecule has 90 valence electrons. The number of carboxylic acid groups (broad SMARTS) is 1. The van der Waals surface area contributed by atoms with Gasteiger partial charge in [0.2, 0.25) is 0 Å². The molecule has 0 saturated heterocycles. The third-order valence-electron chi connectivity index (χ3n) is 1.27. The number of nitrogens with two attached hydrogens (primary N) is 1. The third-order valence-corrected chi connectivity index (χ3v) is 1.27. The zero-order chi connectivity index (χ0) is 12.9. The van der Waals surface area contributed by atoms with Crippen LogP contribution in [0, 0.1) is 0 Å². The Morgan fingerprint density at radius 3 is 2.00 bits per heavy atom. The second-order valence-electron chi connectivity index (χ2n) is 2.59. The number of nitrogen functional groups attached to an aromatic ring is 1. The maximum Gasteiger partial charge on any atom is 0.466 e. The van der Waals surface area contributed by atoms with E-state index in [-0.39, 0.29) is 17.0 Å². The minimum Gasteiger partial charge on any atom is -0.506 e. The largest absolute Gasteiger partial charge is 0.506 e. The lowest BCUT2D eigenvalue weighted by Crippen LogP contribution is -1.97. The summed E-state index contributed by atoms with van der Waals surface area (Å²) in [4.78, 5) is 31.9. The van der Waals surface area contributed by atoms with E-state index in [1.165, 1.54) is 18.2 Å². The van der Waals surface area contributed by atoms with Crippen LogP contribution in [0.1, 0.15) is 10.4 Å². The van der Waals surface area contributed by atoms with Crippen molar-refractivity contribution in [2.24, 2.45) is 0 Å². The lowest BCUT2D eigenvalue weighted by molar-refractivity contribution is 0.0697.